The zero-order chi connectivity index (χ0) is 22.5. The Hall–Kier alpha value is -2.40. The molecule has 33 heavy (non-hydrogen) atoms. The van der Waals surface area contributed by atoms with Gasteiger partial charge in [-0.05, 0) is 52.9 Å². The van der Waals surface area contributed by atoms with Crippen LogP contribution in [0.15, 0.2) is 66.7 Å². The van der Waals surface area contributed by atoms with Gasteiger partial charge in [-0.1, -0.05) is 67.8 Å². The van der Waals surface area contributed by atoms with E-state index in [0.717, 1.165) is 64.2 Å². The van der Waals surface area contributed by atoms with E-state index in [0.29, 0.717) is 6.61 Å². The molecule has 1 heterocycles. The molecular weight excluding hydrogens is 408 g/mol. The second-order valence-corrected chi connectivity index (χ2v) is 9.81. The van der Waals surface area contributed by atoms with Crippen molar-refractivity contribution in [1.29, 1.82) is 0 Å². The summed E-state index contributed by atoms with van der Waals surface area (Å²) in [4.78, 5) is 2.51. The van der Waals surface area contributed by atoms with Crippen LogP contribution in [0, 0.1) is 0 Å². The van der Waals surface area contributed by atoms with E-state index in [4.69, 9.17) is 4.74 Å². The number of hydrogen-bond donors (Lipinski definition) is 2. The lowest BCUT2D eigenvalue weighted by molar-refractivity contribution is -0.0316. The van der Waals surface area contributed by atoms with Gasteiger partial charge in [-0.15, -0.1) is 0 Å². The first-order valence-corrected chi connectivity index (χ1v) is 12.6. The lowest BCUT2D eigenvalue weighted by Gasteiger charge is -2.42. The molecule has 0 bridgehead atoms. The zero-order valence-corrected chi connectivity index (χ0v) is 19.5. The Kier molecular flexibility index (Phi) is 6.96. The van der Waals surface area contributed by atoms with Crippen LogP contribution in [0.3, 0.4) is 0 Å². The Morgan fingerprint density at radius 3 is 2.36 bits per heavy atom. The lowest BCUT2D eigenvalue weighted by atomic mass is 9.72. The Bertz CT molecular complexity index is 1040. The summed E-state index contributed by atoms with van der Waals surface area (Å²) in [5.74, 6) is 1.02. The highest BCUT2D eigenvalue weighted by Gasteiger charge is 2.39. The van der Waals surface area contributed by atoms with Crippen molar-refractivity contribution in [2.75, 3.05) is 32.7 Å². The van der Waals surface area contributed by atoms with Gasteiger partial charge in [-0.25, -0.2) is 0 Å². The van der Waals surface area contributed by atoms with Crippen LogP contribution in [-0.4, -0.2) is 48.3 Å². The van der Waals surface area contributed by atoms with Crippen LogP contribution in [0.4, 0.5) is 0 Å². The van der Waals surface area contributed by atoms with Crippen molar-refractivity contribution in [3.63, 3.8) is 0 Å². The molecule has 3 aromatic carbocycles. The molecule has 1 saturated heterocycles. The van der Waals surface area contributed by atoms with Crippen molar-refractivity contribution in [1.82, 2.24) is 10.2 Å². The van der Waals surface area contributed by atoms with Gasteiger partial charge in [0, 0.05) is 38.6 Å². The van der Waals surface area contributed by atoms with Crippen LogP contribution in [0.2, 0.25) is 0 Å². The molecule has 2 aliphatic rings. The SMILES string of the molecule is OC1(C(CN2CCNCC2)c2ccc(OCc3ccc4ccccc4c3)cc2)CCCCC1. The molecule has 1 saturated carbocycles. The molecule has 174 valence electrons. The molecule has 1 atom stereocenters. The third kappa shape index (κ3) is 5.40. The van der Waals surface area contributed by atoms with E-state index in [-0.39, 0.29) is 5.92 Å². The number of benzene rings is 3. The van der Waals surface area contributed by atoms with Crippen LogP contribution in [0.25, 0.3) is 10.8 Å². The molecule has 4 heteroatoms. The highest BCUT2D eigenvalue weighted by atomic mass is 16.5. The Morgan fingerprint density at radius 2 is 1.61 bits per heavy atom. The van der Waals surface area contributed by atoms with E-state index in [1.54, 1.807) is 0 Å². The van der Waals surface area contributed by atoms with E-state index < -0.39 is 5.60 Å². The van der Waals surface area contributed by atoms with Gasteiger partial charge in [-0.3, -0.25) is 0 Å². The van der Waals surface area contributed by atoms with Crippen LogP contribution in [0.5, 0.6) is 5.75 Å². The predicted octanol–water partition coefficient (Wildman–Crippen LogP) is 5.10. The number of nitrogens with zero attached hydrogens (tertiary/aromatic N) is 1. The molecule has 5 rings (SSSR count). The largest absolute Gasteiger partial charge is 0.489 e. The normalized spacial score (nSPS) is 19.9. The third-order valence-electron chi connectivity index (χ3n) is 7.52. The first-order valence-electron chi connectivity index (χ1n) is 12.6. The molecule has 2 N–H and O–H groups in total. The number of hydrogen-bond acceptors (Lipinski definition) is 4. The van der Waals surface area contributed by atoms with Crippen LogP contribution >= 0.6 is 0 Å². The molecule has 3 aromatic rings. The number of aliphatic hydroxyl groups is 1. The van der Waals surface area contributed by atoms with Crippen molar-refractivity contribution in [2.45, 2.75) is 50.2 Å². The maximum Gasteiger partial charge on any atom is 0.119 e. The summed E-state index contributed by atoms with van der Waals surface area (Å²) in [6.07, 6.45) is 5.31. The van der Waals surface area contributed by atoms with Crippen molar-refractivity contribution < 1.29 is 9.84 Å². The van der Waals surface area contributed by atoms with Crippen molar-refractivity contribution in [3.8, 4) is 5.75 Å². The fraction of sp³-hybridized carbons (Fsp3) is 0.448. The van der Waals surface area contributed by atoms with Crippen molar-refractivity contribution in [2.24, 2.45) is 0 Å². The highest BCUT2D eigenvalue weighted by Crippen LogP contribution is 2.41. The van der Waals surface area contributed by atoms with E-state index in [1.165, 1.54) is 28.3 Å². The Balaban J connectivity index is 1.29. The Labute approximate surface area is 197 Å². The standard InChI is InChI=1S/C29H36N2O2/c32-29(14-4-1-5-15-29)28(21-31-18-16-30-17-19-31)25-10-12-27(13-11-25)33-22-23-8-9-24-6-2-3-7-26(24)20-23/h2-3,6-13,20,28,30,32H,1,4-5,14-19,21-22H2. The number of ether oxygens (including phenoxy) is 1. The molecule has 0 radical (unpaired) electrons. The smallest absolute Gasteiger partial charge is 0.119 e. The van der Waals surface area contributed by atoms with E-state index >= 15 is 0 Å². The first kappa shape index (κ1) is 22.4. The van der Waals surface area contributed by atoms with Gasteiger partial charge in [-0.2, -0.15) is 0 Å². The van der Waals surface area contributed by atoms with E-state index in [1.807, 2.05) is 0 Å². The minimum atomic E-state index is -0.601. The number of nitrogens with one attached hydrogen (secondary N) is 1. The van der Waals surface area contributed by atoms with E-state index in [2.05, 4.69) is 76.9 Å². The summed E-state index contributed by atoms with van der Waals surface area (Å²) < 4.78 is 6.12. The molecule has 1 unspecified atom stereocenters. The van der Waals surface area contributed by atoms with Crippen LogP contribution < -0.4 is 10.1 Å². The fourth-order valence-electron chi connectivity index (χ4n) is 5.54. The number of piperazine rings is 1. The van der Waals surface area contributed by atoms with Gasteiger partial charge < -0.3 is 20.1 Å². The lowest BCUT2D eigenvalue weighted by Crippen LogP contribution is -2.49. The Morgan fingerprint density at radius 1 is 0.879 bits per heavy atom. The summed E-state index contributed by atoms with van der Waals surface area (Å²) in [6.45, 7) is 5.66. The number of fused-ring (bicyclic) bond motifs is 1. The van der Waals surface area contributed by atoms with Gasteiger partial charge in [0.2, 0.25) is 0 Å². The van der Waals surface area contributed by atoms with Gasteiger partial charge in [0.15, 0.2) is 0 Å². The second kappa shape index (κ2) is 10.3. The molecular formula is C29H36N2O2. The topological polar surface area (TPSA) is 44.7 Å². The zero-order valence-electron chi connectivity index (χ0n) is 19.5. The van der Waals surface area contributed by atoms with Crippen molar-refractivity contribution in [3.05, 3.63) is 77.9 Å². The summed E-state index contributed by atoms with van der Waals surface area (Å²) in [7, 11) is 0. The van der Waals surface area contributed by atoms with Gasteiger partial charge >= 0.3 is 0 Å². The minimum absolute atomic E-state index is 0.144. The molecule has 1 aliphatic carbocycles. The predicted molar refractivity (Wildman–Crippen MR) is 135 cm³/mol. The van der Waals surface area contributed by atoms with Crippen LogP contribution in [0.1, 0.15) is 49.1 Å². The average Bonchev–Trinajstić information content (AvgIpc) is 2.87. The monoisotopic (exact) mass is 444 g/mol. The maximum atomic E-state index is 11.6. The van der Waals surface area contributed by atoms with Gasteiger partial charge in [0.25, 0.3) is 0 Å². The van der Waals surface area contributed by atoms with E-state index in [9.17, 15) is 5.11 Å². The molecule has 4 nitrogen and oxygen atoms in total. The molecule has 0 amide bonds. The average molecular weight is 445 g/mol. The van der Waals surface area contributed by atoms with Crippen molar-refractivity contribution >= 4 is 10.8 Å². The maximum absolute atomic E-state index is 11.6. The summed E-state index contributed by atoms with van der Waals surface area (Å²) in [6, 6.07) is 23.4. The molecule has 0 spiro atoms. The molecule has 1 aliphatic heterocycles. The summed E-state index contributed by atoms with van der Waals surface area (Å²) in [5, 5.41) is 17.6. The summed E-state index contributed by atoms with van der Waals surface area (Å²) in [5.41, 5.74) is 1.80. The highest BCUT2D eigenvalue weighted by molar-refractivity contribution is 5.82. The molecule has 0 aromatic heterocycles. The third-order valence-corrected chi connectivity index (χ3v) is 7.52. The van der Waals surface area contributed by atoms with Gasteiger partial charge in [0.05, 0.1) is 5.60 Å². The number of rotatable bonds is 7. The quantitative estimate of drug-likeness (QED) is 0.532. The minimum Gasteiger partial charge on any atom is -0.489 e. The second-order valence-electron chi connectivity index (χ2n) is 9.81. The van der Waals surface area contributed by atoms with Crippen LogP contribution in [-0.2, 0) is 6.61 Å². The molecule has 2 fully saturated rings. The van der Waals surface area contributed by atoms with Gasteiger partial charge in [0.1, 0.15) is 12.4 Å². The summed E-state index contributed by atoms with van der Waals surface area (Å²) >= 11 is 0. The first-order chi connectivity index (χ1) is 16.2. The fourth-order valence-corrected chi connectivity index (χ4v) is 5.54.